The van der Waals surface area contributed by atoms with Crippen molar-refractivity contribution in [2.24, 2.45) is 0 Å². The van der Waals surface area contributed by atoms with Gasteiger partial charge in [0.2, 0.25) is 0 Å². The van der Waals surface area contributed by atoms with Crippen LogP contribution in [0.1, 0.15) is 29.5 Å². The van der Waals surface area contributed by atoms with Crippen LogP contribution in [0, 0.1) is 0 Å². The summed E-state index contributed by atoms with van der Waals surface area (Å²) in [6.07, 6.45) is 2.39. The van der Waals surface area contributed by atoms with Crippen LogP contribution in [0.3, 0.4) is 0 Å². The number of methoxy groups -OCH3 is 1. The van der Waals surface area contributed by atoms with Crippen LogP contribution in [-0.4, -0.2) is 23.9 Å². The number of amides is 3. The Labute approximate surface area is 156 Å². The molecule has 2 aliphatic rings. The lowest BCUT2D eigenvalue weighted by atomic mass is 9.76. The molecule has 1 heterocycles. The van der Waals surface area contributed by atoms with E-state index in [2.05, 4.69) is 5.32 Å². The molecule has 1 fully saturated rings. The van der Waals surface area contributed by atoms with Crippen molar-refractivity contribution in [3.63, 3.8) is 0 Å². The fraction of sp³-hybridized carbons (Fsp3) is 0.300. The zero-order valence-electron chi connectivity index (χ0n) is 14.4. The Morgan fingerprint density at radius 1 is 1.23 bits per heavy atom. The summed E-state index contributed by atoms with van der Waals surface area (Å²) in [5.74, 6) is 0.386. The highest BCUT2D eigenvalue weighted by molar-refractivity contribution is 6.30. The summed E-state index contributed by atoms with van der Waals surface area (Å²) >= 11 is 6.08. The van der Waals surface area contributed by atoms with E-state index in [1.165, 1.54) is 4.90 Å². The van der Waals surface area contributed by atoms with E-state index in [1.54, 1.807) is 25.3 Å². The maximum atomic E-state index is 13.3. The number of ether oxygens (including phenoxy) is 1. The fourth-order valence-electron chi connectivity index (χ4n) is 4.00. The highest BCUT2D eigenvalue weighted by Crippen LogP contribution is 2.40. The molecule has 1 atom stereocenters. The van der Waals surface area contributed by atoms with Gasteiger partial charge in [0.25, 0.3) is 5.91 Å². The van der Waals surface area contributed by atoms with Crippen molar-refractivity contribution in [2.75, 3.05) is 7.11 Å². The van der Waals surface area contributed by atoms with E-state index in [9.17, 15) is 9.59 Å². The molecule has 0 radical (unpaired) electrons. The molecule has 1 saturated heterocycles. The van der Waals surface area contributed by atoms with Gasteiger partial charge in [0.15, 0.2) is 0 Å². The molecule has 1 N–H and O–H groups in total. The number of hydrogen-bond acceptors (Lipinski definition) is 3. The fourth-order valence-corrected chi connectivity index (χ4v) is 4.19. The molecule has 5 nitrogen and oxygen atoms in total. The SMILES string of the molecule is COc1ccc(Cl)cc1CN1C(=O)NC2(CCCc3ccccc32)C1=O. The van der Waals surface area contributed by atoms with E-state index in [0.29, 0.717) is 22.8 Å². The number of halogens is 1. The van der Waals surface area contributed by atoms with Crippen molar-refractivity contribution in [2.45, 2.75) is 31.3 Å². The van der Waals surface area contributed by atoms with E-state index in [4.69, 9.17) is 16.3 Å². The second-order valence-corrected chi connectivity index (χ2v) is 7.13. The summed E-state index contributed by atoms with van der Waals surface area (Å²) in [5.41, 5.74) is 1.77. The van der Waals surface area contributed by atoms with E-state index in [-0.39, 0.29) is 18.5 Å². The molecular weight excluding hydrogens is 352 g/mol. The summed E-state index contributed by atoms with van der Waals surface area (Å²) in [4.78, 5) is 27.3. The molecule has 1 aliphatic heterocycles. The first-order valence-corrected chi connectivity index (χ1v) is 8.98. The summed E-state index contributed by atoms with van der Waals surface area (Å²) in [6.45, 7) is 0.123. The number of rotatable bonds is 3. The van der Waals surface area contributed by atoms with Crippen LogP contribution in [0.15, 0.2) is 42.5 Å². The van der Waals surface area contributed by atoms with Crippen LogP contribution < -0.4 is 10.1 Å². The van der Waals surface area contributed by atoms with Crippen molar-refractivity contribution in [3.05, 3.63) is 64.2 Å². The first-order chi connectivity index (χ1) is 12.5. The molecular formula is C20H19ClN2O3. The number of imide groups is 1. The van der Waals surface area contributed by atoms with Crippen LogP contribution in [0.2, 0.25) is 5.02 Å². The molecule has 0 bridgehead atoms. The summed E-state index contributed by atoms with van der Waals surface area (Å²) < 4.78 is 5.35. The van der Waals surface area contributed by atoms with Crippen molar-refractivity contribution >= 4 is 23.5 Å². The Morgan fingerprint density at radius 3 is 2.85 bits per heavy atom. The van der Waals surface area contributed by atoms with Gasteiger partial charge in [0.1, 0.15) is 11.3 Å². The lowest BCUT2D eigenvalue weighted by molar-refractivity contribution is -0.132. The molecule has 2 aromatic rings. The van der Waals surface area contributed by atoms with Crippen molar-refractivity contribution in [1.82, 2.24) is 10.2 Å². The van der Waals surface area contributed by atoms with E-state index in [1.807, 2.05) is 24.3 Å². The standard InChI is InChI=1S/C20H19ClN2O3/c1-26-17-9-8-15(21)11-14(17)12-23-18(24)20(22-19(23)25)10-4-6-13-5-2-3-7-16(13)20/h2-3,5,7-9,11H,4,6,10,12H2,1H3,(H,22,25). The Kier molecular flexibility index (Phi) is 4.11. The number of nitrogens with zero attached hydrogens (tertiary/aromatic N) is 1. The van der Waals surface area contributed by atoms with Gasteiger partial charge in [-0.1, -0.05) is 35.9 Å². The largest absolute Gasteiger partial charge is 0.496 e. The summed E-state index contributed by atoms with van der Waals surface area (Å²) in [7, 11) is 1.55. The van der Waals surface area contributed by atoms with Crippen LogP contribution in [0.5, 0.6) is 5.75 Å². The second kappa shape index (κ2) is 6.32. The number of nitrogens with one attached hydrogen (secondary N) is 1. The van der Waals surface area contributed by atoms with Crippen molar-refractivity contribution in [1.29, 1.82) is 0 Å². The number of aryl methyl sites for hydroxylation is 1. The number of hydrogen-bond donors (Lipinski definition) is 1. The molecule has 26 heavy (non-hydrogen) atoms. The van der Waals surface area contributed by atoms with Crippen LogP contribution >= 0.6 is 11.6 Å². The second-order valence-electron chi connectivity index (χ2n) is 6.69. The van der Waals surface area contributed by atoms with Gasteiger partial charge in [-0.3, -0.25) is 9.69 Å². The molecule has 3 amide bonds. The number of urea groups is 1. The molecule has 6 heteroatoms. The molecule has 1 spiro atoms. The highest BCUT2D eigenvalue weighted by atomic mass is 35.5. The predicted octanol–water partition coefficient (Wildman–Crippen LogP) is 3.63. The van der Waals surface area contributed by atoms with Crippen LogP contribution in [0.25, 0.3) is 0 Å². The van der Waals surface area contributed by atoms with Gasteiger partial charge in [0.05, 0.1) is 13.7 Å². The van der Waals surface area contributed by atoms with Gasteiger partial charge in [0, 0.05) is 10.6 Å². The smallest absolute Gasteiger partial charge is 0.325 e. The van der Waals surface area contributed by atoms with Crippen LogP contribution in [0.4, 0.5) is 4.79 Å². The third kappa shape index (κ3) is 2.54. The molecule has 2 aromatic carbocycles. The minimum Gasteiger partial charge on any atom is -0.496 e. The third-order valence-electron chi connectivity index (χ3n) is 5.22. The third-order valence-corrected chi connectivity index (χ3v) is 5.46. The molecule has 0 aromatic heterocycles. The first kappa shape index (κ1) is 16.9. The number of carbonyl (C=O) groups excluding carboxylic acids is 2. The zero-order valence-corrected chi connectivity index (χ0v) is 15.2. The molecule has 1 unspecified atom stereocenters. The molecule has 1 aliphatic carbocycles. The van der Waals surface area contributed by atoms with E-state index < -0.39 is 5.54 Å². The Bertz CT molecular complexity index is 898. The minimum absolute atomic E-state index is 0.123. The van der Waals surface area contributed by atoms with E-state index in [0.717, 1.165) is 24.0 Å². The molecule has 134 valence electrons. The number of benzene rings is 2. The van der Waals surface area contributed by atoms with Gasteiger partial charge in [-0.15, -0.1) is 0 Å². The Balaban J connectivity index is 1.71. The van der Waals surface area contributed by atoms with Gasteiger partial charge in [-0.2, -0.15) is 0 Å². The summed E-state index contributed by atoms with van der Waals surface area (Å²) in [6, 6.07) is 12.6. The lowest BCUT2D eigenvalue weighted by Crippen LogP contribution is -2.46. The molecule has 4 rings (SSSR count). The highest BCUT2D eigenvalue weighted by Gasteiger charge is 2.53. The summed E-state index contributed by atoms with van der Waals surface area (Å²) in [5, 5.41) is 3.49. The monoisotopic (exact) mass is 370 g/mol. The van der Waals surface area contributed by atoms with Crippen LogP contribution in [-0.2, 0) is 23.3 Å². The average Bonchev–Trinajstić information content (AvgIpc) is 2.87. The van der Waals surface area contributed by atoms with Gasteiger partial charge < -0.3 is 10.1 Å². The van der Waals surface area contributed by atoms with Gasteiger partial charge in [-0.05, 0) is 48.6 Å². The first-order valence-electron chi connectivity index (χ1n) is 8.60. The number of carbonyl (C=O) groups is 2. The maximum absolute atomic E-state index is 13.3. The Morgan fingerprint density at radius 2 is 2.04 bits per heavy atom. The van der Waals surface area contributed by atoms with Gasteiger partial charge >= 0.3 is 6.03 Å². The van der Waals surface area contributed by atoms with Gasteiger partial charge in [-0.25, -0.2) is 4.79 Å². The Hall–Kier alpha value is -2.53. The lowest BCUT2D eigenvalue weighted by Gasteiger charge is -2.33. The van der Waals surface area contributed by atoms with Crippen molar-refractivity contribution in [3.8, 4) is 5.75 Å². The zero-order chi connectivity index (χ0) is 18.3. The topological polar surface area (TPSA) is 58.6 Å². The normalized spacial score (nSPS) is 21.7. The minimum atomic E-state index is -0.961. The average molecular weight is 371 g/mol. The van der Waals surface area contributed by atoms with E-state index >= 15 is 0 Å². The number of fused-ring (bicyclic) bond motifs is 2. The molecule has 0 saturated carbocycles. The quantitative estimate of drug-likeness (QED) is 0.839. The maximum Gasteiger partial charge on any atom is 0.325 e. The van der Waals surface area contributed by atoms with Crippen molar-refractivity contribution < 1.29 is 14.3 Å². The predicted molar refractivity (Wildman–Crippen MR) is 98.1 cm³/mol.